The van der Waals surface area contributed by atoms with Gasteiger partial charge in [0.05, 0.1) is 20.6 Å². The quantitative estimate of drug-likeness (QED) is 0.896. The summed E-state index contributed by atoms with van der Waals surface area (Å²) in [5.41, 5.74) is 2.81. The molecule has 4 nitrogen and oxygen atoms in total. The predicted molar refractivity (Wildman–Crippen MR) is 97.0 cm³/mol. The van der Waals surface area contributed by atoms with Crippen LogP contribution in [0.2, 0.25) is 0 Å². The third kappa shape index (κ3) is 4.28. The van der Waals surface area contributed by atoms with Gasteiger partial charge < -0.3 is 14.8 Å². The van der Waals surface area contributed by atoms with Crippen LogP contribution in [0.1, 0.15) is 31.9 Å². The van der Waals surface area contributed by atoms with Crippen LogP contribution < -0.4 is 14.8 Å². The van der Waals surface area contributed by atoms with Crippen molar-refractivity contribution in [2.45, 2.75) is 32.6 Å². The number of anilines is 1. The van der Waals surface area contributed by atoms with Crippen LogP contribution in [0.5, 0.6) is 11.5 Å². The van der Waals surface area contributed by atoms with E-state index in [-0.39, 0.29) is 17.7 Å². The molecule has 0 saturated carbocycles. The van der Waals surface area contributed by atoms with E-state index >= 15 is 0 Å². The summed E-state index contributed by atoms with van der Waals surface area (Å²) in [7, 11) is 3.18. The van der Waals surface area contributed by atoms with Crippen molar-refractivity contribution in [3.05, 3.63) is 53.6 Å². The Balaban J connectivity index is 2.15. The molecule has 0 saturated heterocycles. The second kappa shape index (κ2) is 7.39. The van der Waals surface area contributed by atoms with E-state index in [1.54, 1.807) is 14.2 Å². The van der Waals surface area contributed by atoms with Crippen LogP contribution in [0.15, 0.2) is 42.5 Å². The van der Waals surface area contributed by atoms with E-state index < -0.39 is 0 Å². The number of carbonyl (C=O) groups is 1. The molecule has 0 atom stereocenters. The molecular formula is C20H25NO3. The number of ether oxygens (including phenoxy) is 2. The maximum atomic E-state index is 12.4. The monoisotopic (exact) mass is 327 g/mol. The van der Waals surface area contributed by atoms with Crippen molar-refractivity contribution in [3.63, 3.8) is 0 Å². The molecule has 0 bridgehead atoms. The number of carbonyl (C=O) groups excluding carboxylic acids is 1. The minimum absolute atomic E-state index is 0.0345. The third-order valence-electron chi connectivity index (χ3n) is 3.82. The van der Waals surface area contributed by atoms with E-state index in [1.807, 2.05) is 42.5 Å². The second-order valence-corrected chi connectivity index (χ2v) is 6.71. The molecule has 0 aliphatic heterocycles. The van der Waals surface area contributed by atoms with Crippen molar-refractivity contribution in [3.8, 4) is 11.5 Å². The fourth-order valence-electron chi connectivity index (χ4n) is 2.62. The highest BCUT2D eigenvalue weighted by molar-refractivity contribution is 5.93. The molecule has 0 aliphatic rings. The molecule has 0 aliphatic carbocycles. The van der Waals surface area contributed by atoms with Crippen LogP contribution in [0, 0.1) is 0 Å². The molecule has 0 heterocycles. The minimum atomic E-state index is -0.0566. The van der Waals surface area contributed by atoms with Crippen LogP contribution in [0.25, 0.3) is 0 Å². The van der Waals surface area contributed by atoms with Crippen LogP contribution in [-0.2, 0) is 16.6 Å². The maximum Gasteiger partial charge on any atom is 0.228 e. The van der Waals surface area contributed by atoms with Gasteiger partial charge >= 0.3 is 0 Å². The van der Waals surface area contributed by atoms with Crippen molar-refractivity contribution >= 4 is 11.6 Å². The summed E-state index contributed by atoms with van der Waals surface area (Å²) in [6.07, 6.45) is 0.277. The summed E-state index contributed by atoms with van der Waals surface area (Å²) in [4.78, 5) is 12.4. The Hall–Kier alpha value is -2.49. The fraction of sp³-hybridized carbons (Fsp3) is 0.350. The van der Waals surface area contributed by atoms with Gasteiger partial charge in [0.15, 0.2) is 11.5 Å². The van der Waals surface area contributed by atoms with Gasteiger partial charge in [0.2, 0.25) is 5.91 Å². The zero-order chi connectivity index (χ0) is 17.7. The Labute approximate surface area is 143 Å². The summed E-state index contributed by atoms with van der Waals surface area (Å²) in [6, 6.07) is 13.4. The zero-order valence-electron chi connectivity index (χ0n) is 15.0. The summed E-state index contributed by atoms with van der Waals surface area (Å²) < 4.78 is 10.5. The average Bonchev–Trinajstić information content (AvgIpc) is 2.54. The molecular weight excluding hydrogens is 302 g/mol. The Morgan fingerprint density at radius 1 is 1.00 bits per heavy atom. The summed E-state index contributed by atoms with van der Waals surface area (Å²) in [5, 5.41) is 3.02. The third-order valence-corrected chi connectivity index (χ3v) is 3.82. The van der Waals surface area contributed by atoms with E-state index in [0.29, 0.717) is 11.5 Å². The number of methoxy groups -OCH3 is 2. The molecule has 0 unspecified atom stereocenters. The number of hydrogen-bond donors (Lipinski definition) is 1. The molecule has 0 radical (unpaired) electrons. The molecule has 1 amide bonds. The highest BCUT2D eigenvalue weighted by Crippen LogP contribution is 2.30. The number of para-hydroxylation sites is 1. The Kier molecular flexibility index (Phi) is 5.50. The van der Waals surface area contributed by atoms with Crippen LogP contribution in [-0.4, -0.2) is 20.1 Å². The lowest BCUT2D eigenvalue weighted by atomic mass is 9.86. The van der Waals surface area contributed by atoms with E-state index in [9.17, 15) is 4.79 Å². The lowest BCUT2D eigenvalue weighted by Gasteiger charge is -2.23. The van der Waals surface area contributed by atoms with Gasteiger partial charge in [-0.15, -0.1) is 0 Å². The number of nitrogens with one attached hydrogen (secondary N) is 1. The van der Waals surface area contributed by atoms with Gasteiger partial charge in [-0.3, -0.25) is 4.79 Å². The molecule has 0 spiro atoms. The topological polar surface area (TPSA) is 47.6 Å². The summed E-state index contributed by atoms with van der Waals surface area (Å²) in [6.45, 7) is 6.39. The van der Waals surface area contributed by atoms with Crippen LogP contribution in [0.3, 0.4) is 0 Å². The highest BCUT2D eigenvalue weighted by atomic mass is 16.5. The predicted octanol–water partition coefficient (Wildman–Crippen LogP) is 4.18. The maximum absolute atomic E-state index is 12.4. The molecule has 24 heavy (non-hydrogen) atoms. The average molecular weight is 327 g/mol. The van der Waals surface area contributed by atoms with Gasteiger partial charge in [-0.25, -0.2) is 0 Å². The van der Waals surface area contributed by atoms with Crippen molar-refractivity contribution in [2.75, 3.05) is 19.5 Å². The first-order valence-electron chi connectivity index (χ1n) is 7.95. The molecule has 0 aromatic heterocycles. The van der Waals surface area contributed by atoms with E-state index in [1.165, 1.54) is 0 Å². The standard InChI is InChI=1S/C20H25NO3/c1-20(2,3)15-8-6-7-9-16(15)21-19(22)13-14-10-11-17(23-4)18(12-14)24-5/h6-12H,13H2,1-5H3,(H,21,22). The van der Waals surface area contributed by atoms with Crippen molar-refractivity contribution in [2.24, 2.45) is 0 Å². The van der Waals surface area contributed by atoms with Crippen molar-refractivity contribution in [1.29, 1.82) is 0 Å². The smallest absolute Gasteiger partial charge is 0.228 e. The van der Waals surface area contributed by atoms with Gasteiger partial charge in [0, 0.05) is 5.69 Å². The Morgan fingerprint density at radius 3 is 2.29 bits per heavy atom. The fourth-order valence-corrected chi connectivity index (χ4v) is 2.62. The highest BCUT2D eigenvalue weighted by Gasteiger charge is 2.18. The van der Waals surface area contributed by atoms with Gasteiger partial charge in [0.1, 0.15) is 0 Å². The molecule has 2 aromatic rings. The molecule has 4 heteroatoms. The van der Waals surface area contributed by atoms with Gasteiger partial charge in [-0.05, 0) is 34.7 Å². The molecule has 2 rings (SSSR count). The first-order chi connectivity index (χ1) is 11.3. The van der Waals surface area contributed by atoms with E-state index in [4.69, 9.17) is 9.47 Å². The lowest BCUT2D eigenvalue weighted by molar-refractivity contribution is -0.115. The number of rotatable bonds is 5. The van der Waals surface area contributed by atoms with Crippen LogP contribution >= 0.6 is 0 Å². The first kappa shape index (κ1) is 17.9. The Bertz CT molecular complexity index is 717. The number of benzene rings is 2. The van der Waals surface area contributed by atoms with E-state index in [0.717, 1.165) is 16.8 Å². The summed E-state index contributed by atoms with van der Waals surface area (Å²) in [5.74, 6) is 1.22. The number of amides is 1. The zero-order valence-corrected chi connectivity index (χ0v) is 15.0. The SMILES string of the molecule is COc1ccc(CC(=O)Nc2ccccc2C(C)(C)C)cc1OC. The lowest BCUT2D eigenvalue weighted by Crippen LogP contribution is -2.19. The molecule has 2 aromatic carbocycles. The van der Waals surface area contributed by atoms with Gasteiger partial charge in [0.25, 0.3) is 0 Å². The largest absolute Gasteiger partial charge is 0.493 e. The van der Waals surface area contributed by atoms with Gasteiger partial charge in [-0.2, -0.15) is 0 Å². The van der Waals surface area contributed by atoms with Crippen molar-refractivity contribution in [1.82, 2.24) is 0 Å². The van der Waals surface area contributed by atoms with E-state index in [2.05, 4.69) is 26.1 Å². The Morgan fingerprint density at radius 2 is 1.67 bits per heavy atom. The first-order valence-corrected chi connectivity index (χ1v) is 7.95. The minimum Gasteiger partial charge on any atom is -0.493 e. The molecule has 128 valence electrons. The normalized spacial score (nSPS) is 11.0. The summed E-state index contributed by atoms with van der Waals surface area (Å²) >= 11 is 0. The second-order valence-electron chi connectivity index (χ2n) is 6.71. The molecule has 0 fully saturated rings. The van der Waals surface area contributed by atoms with Crippen molar-refractivity contribution < 1.29 is 14.3 Å². The van der Waals surface area contributed by atoms with Crippen LogP contribution in [0.4, 0.5) is 5.69 Å². The molecule has 1 N–H and O–H groups in total. The van der Waals surface area contributed by atoms with Gasteiger partial charge in [-0.1, -0.05) is 45.0 Å². The number of hydrogen-bond acceptors (Lipinski definition) is 3.